The minimum absolute atomic E-state index is 0.143. The zero-order valence-electron chi connectivity index (χ0n) is 13.3. The lowest BCUT2D eigenvalue weighted by atomic mass is 10.2. The van der Waals surface area contributed by atoms with E-state index >= 15 is 0 Å². The van der Waals surface area contributed by atoms with E-state index in [0.29, 0.717) is 26.6 Å². The Hall–Kier alpha value is -3.00. The van der Waals surface area contributed by atoms with Gasteiger partial charge in [-0.25, -0.2) is 8.91 Å². The van der Waals surface area contributed by atoms with E-state index in [2.05, 4.69) is 31.3 Å². The molecule has 2 heterocycles. The molecule has 4 aromatic rings. The number of halogens is 2. The number of hydrogen-bond acceptors (Lipinski definition) is 3. The van der Waals surface area contributed by atoms with Crippen LogP contribution in [0.25, 0.3) is 16.6 Å². The molecule has 130 valence electrons. The number of fused-ring (bicyclic) bond motifs is 3. The first-order chi connectivity index (χ1) is 12.5. The topological polar surface area (TPSA) is 79.3 Å². The highest BCUT2D eigenvalue weighted by Crippen LogP contribution is 2.16. The smallest absolute Gasteiger partial charge is 0.259 e. The van der Waals surface area contributed by atoms with Crippen LogP contribution in [0.4, 0.5) is 4.39 Å². The zero-order chi connectivity index (χ0) is 18.3. The molecule has 26 heavy (non-hydrogen) atoms. The number of aromatic nitrogens is 3. The van der Waals surface area contributed by atoms with Crippen molar-refractivity contribution in [3.63, 3.8) is 0 Å². The molecule has 2 aromatic heterocycles. The molecule has 0 atom stereocenters. The predicted octanol–water partition coefficient (Wildman–Crippen LogP) is 3.01. The number of hydrogen-bond donors (Lipinski definition) is 2. The van der Waals surface area contributed by atoms with Gasteiger partial charge >= 0.3 is 0 Å². The molecule has 0 aliphatic rings. The summed E-state index contributed by atoms with van der Waals surface area (Å²) in [5.41, 5.74) is 1.48. The standard InChI is InChI=1S/C18H12BrFN4O2/c19-11-5-10(6-12(20)7-11)8-21-17(25)14-9-22-24-15-4-2-1-3-13(15)18(26)23-16(14)24/h1-7,9H,8H2,(H,21,25)(H,23,26). The first kappa shape index (κ1) is 16.5. The van der Waals surface area contributed by atoms with Gasteiger partial charge in [0.1, 0.15) is 17.0 Å². The van der Waals surface area contributed by atoms with Gasteiger partial charge in [-0.2, -0.15) is 5.10 Å². The summed E-state index contributed by atoms with van der Waals surface area (Å²) in [6.07, 6.45) is 1.40. The quantitative estimate of drug-likeness (QED) is 0.540. The van der Waals surface area contributed by atoms with Gasteiger partial charge in [-0.3, -0.25) is 9.59 Å². The molecule has 0 spiro atoms. The summed E-state index contributed by atoms with van der Waals surface area (Å²) in [5.74, 6) is -0.804. The minimum atomic E-state index is -0.411. The third-order valence-corrected chi connectivity index (χ3v) is 4.46. The molecular formula is C18H12BrFN4O2. The highest BCUT2D eigenvalue weighted by atomic mass is 79.9. The Bertz CT molecular complexity index is 1190. The maximum absolute atomic E-state index is 13.4. The van der Waals surface area contributed by atoms with Crippen LogP contribution in [0.2, 0.25) is 0 Å². The van der Waals surface area contributed by atoms with Gasteiger partial charge in [0, 0.05) is 11.0 Å². The van der Waals surface area contributed by atoms with Gasteiger partial charge in [-0.05, 0) is 35.9 Å². The number of carbonyl (C=O) groups is 1. The van der Waals surface area contributed by atoms with Gasteiger partial charge in [0.2, 0.25) is 0 Å². The van der Waals surface area contributed by atoms with Crippen molar-refractivity contribution in [3.05, 3.63) is 80.4 Å². The number of aromatic amines is 1. The molecule has 0 aliphatic heterocycles. The highest BCUT2D eigenvalue weighted by molar-refractivity contribution is 9.10. The molecule has 0 fully saturated rings. The van der Waals surface area contributed by atoms with Gasteiger partial charge in [0.25, 0.3) is 11.5 Å². The summed E-state index contributed by atoms with van der Waals surface area (Å²) in [5, 5.41) is 7.41. The maximum Gasteiger partial charge on any atom is 0.259 e. The first-order valence-corrected chi connectivity index (χ1v) is 8.54. The number of rotatable bonds is 3. The lowest BCUT2D eigenvalue weighted by molar-refractivity contribution is 0.0952. The average molecular weight is 415 g/mol. The molecule has 1 amide bonds. The lowest BCUT2D eigenvalue weighted by Crippen LogP contribution is -2.23. The number of nitrogens with zero attached hydrogens (tertiary/aromatic N) is 2. The van der Waals surface area contributed by atoms with Crippen LogP contribution in [0.5, 0.6) is 0 Å². The SMILES string of the molecule is O=C(NCc1cc(F)cc(Br)c1)c1cnn2c1[nH]c(=O)c1ccccc12. The van der Waals surface area contributed by atoms with Crippen molar-refractivity contribution in [2.24, 2.45) is 0 Å². The summed E-state index contributed by atoms with van der Waals surface area (Å²) in [4.78, 5) is 27.5. The molecule has 0 radical (unpaired) electrons. The number of carbonyl (C=O) groups excluding carboxylic acids is 1. The lowest BCUT2D eigenvalue weighted by Gasteiger charge is -2.06. The normalized spacial score (nSPS) is 11.2. The van der Waals surface area contributed by atoms with Crippen molar-refractivity contribution in [2.75, 3.05) is 0 Å². The van der Waals surface area contributed by atoms with Crippen molar-refractivity contribution in [2.45, 2.75) is 6.54 Å². The van der Waals surface area contributed by atoms with Crippen LogP contribution in [0.15, 0.2) is 57.9 Å². The van der Waals surface area contributed by atoms with E-state index < -0.39 is 11.7 Å². The van der Waals surface area contributed by atoms with Crippen molar-refractivity contribution in [3.8, 4) is 0 Å². The van der Waals surface area contributed by atoms with Gasteiger partial charge in [0.05, 0.1) is 17.1 Å². The molecule has 0 saturated heterocycles. The molecule has 0 aliphatic carbocycles. The molecule has 6 nitrogen and oxygen atoms in total. The third kappa shape index (κ3) is 2.88. The fourth-order valence-electron chi connectivity index (χ4n) is 2.83. The number of nitrogens with one attached hydrogen (secondary N) is 2. The Morgan fingerprint density at radius 3 is 2.88 bits per heavy atom. The van der Waals surface area contributed by atoms with Crippen LogP contribution >= 0.6 is 15.9 Å². The van der Waals surface area contributed by atoms with Gasteiger partial charge < -0.3 is 10.3 Å². The van der Waals surface area contributed by atoms with Crippen LogP contribution in [0.3, 0.4) is 0 Å². The Morgan fingerprint density at radius 1 is 1.27 bits per heavy atom. The summed E-state index contributed by atoms with van der Waals surface area (Å²) in [7, 11) is 0. The van der Waals surface area contributed by atoms with Crippen molar-refractivity contribution < 1.29 is 9.18 Å². The maximum atomic E-state index is 13.4. The zero-order valence-corrected chi connectivity index (χ0v) is 14.9. The van der Waals surface area contributed by atoms with Gasteiger partial charge in [0.15, 0.2) is 0 Å². The van der Waals surface area contributed by atoms with Gasteiger partial charge in [-0.15, -0.1) is 0 Å². The molecule has 0 bridgehead atoms. The first-order valence-electron chi connectivity index (χ1n) is 7.75. The highest BCUT2D eigenvalue weighted by Gasteiger charge is 2.16. The Kier molecular flexibility index (Phi) is 4.04. The molecule has 0 unspecified atom stereocenters. The van der Waals surface area contributed by atoms with Crippen LogP contribution < -0.4 is 10.9 Å². The van der Waals surface area contributed by atoms with Crippen molar-refractivity contribution in [1.82, 2.24) is 19.9 Å². The summed E-state index contributed by atoms with van der Waals surface area (Å²) < 4.78 is 15.5. The second-order valence-electron chi connectivity index (χ2n) is 5.75. The number of amides is 1. The fraction of sp³-hybridized carbons (Fsp3) is 0.0556. The van der Waals surface area contributed by atoms with E-state index in [9.17, 15) is 14.0 Å². The average Bonchev–Trinajstić information content (AvgIpc) is 3.03. The molecule has 2 N–H and O–H groups in total. The Morgan fingerprint density at radius 2 is 2.08 bits per heavy atom. The largest absolute Gasteiger partial charge is 0.348 e. The molecular weight excluding hydrogens is 403 g/mol. The van der Waals surface area contributed by atoms with Gasteiger partial charge in [-0.1, -0.05) is 28.1 Å². The third-order valence-electron chi connectivity index (χ3n) is 4.00. The fourth-order valence-corrected chi connectivity index (χ4v) is 3.35. The van der Waals surface area contributed by atoms with E-state index in [-0.39, 0.29) is 17.7 Å². The molecule has 8 heteroatoms. The second-order valence-corrected chi connectivity index (χ2v) is 6.67. The van der Waals surface area contributed by atoms with E-state index in [0.717, 1.165) is 0 Å². The van der Waals surface area contributed by atoms with E-state index in [4.69, 9.17) is 0 Å². The van der Waals surface area contributed by atoms with Crippen molar-refractivity contribution in [1.29, 1.82) is 0 Å². The second kappa shape index (κ2) is 6.38. The van der Waals surface area contributed by atoms with E-state index in [1.165, 1.54) is 22.8 Å². The number of H-pyrrole nitrogens is 1. The molecule has 4 rings (SSSR count). The molecule has 2 aromatic carbocycles. The summed E-state index contributed by atoms with van der Waals surface area (Å²) >= 11 is 3.22. The number of para-hydroxylation sites is 1. The van der Waals surface area contributed by atoms with Crippen LogP contribution in [0.1, 0.15) is 15.9 Å². The summed E-state index contributed by atoms with van der Waals surface area (Å²) in [6, 6.07) is 11.4. The van der Waals surface area contributed by atoms with E-state index in [1.54, 1.807) is 30.3 Å². The Labute approximate surface area is 154 Å². The van der Waals surface area contributed by atoms with Crippen LogP contribution in [-0.2, 0) is 6.54 Å². The summed E-state index contributed by atoms with van der Waals surface area (Å²) in [6.45, 7) is 0.143. The Balaban J connectivity index is 1.68. The minimum Gasteiger partial charge on any atom is -0.348 e. The number of benzene rings is 2. The van der Waals surface area contributed by atoms with E-state index in [1.807, 2.05) is 0 Å². The van der Waals surface area contributed by atoms with Crippen LogP contribution in [0, 0.1) is 5.82 Å². The predicted molar refractivity (Wildman–Crippen MR) is 98.6 cm³/mol. The van der Waals surface area contributed by atoms with Crippen molar-refractivity contribution >= 4 is 38.4 Å². The molecule has 0 saturated carbocycles. The monoisotopic (exact) mass is 414 g/mol. The van der Waals surface area contributed by atoms with Crippen LogP contribution in [-0.4, -0.2) is 20.5 Å².